The minimum atomic E-state index is -0.102. The highest BCUT2D eigenvalue weighted by Crippen LogP contribution is 2.44. The molecule has 1 aliphatic heterocycles. The number of benzene rings is 2. The first kappa shape index (κ1) is 23.9. The fourth-order valence-electron chi connectivity index (χ4n) is 5.03. The van der Waals surface area contributed by atoms with Crippen LogP contribution in [0, 0.1) is 13.8 Å². The average Bonchev–Trinajstić information content (AvgIpc) is 3.40. The largest absolute Gasteiger partial charge is 0.497 e. The Hall–Kier alpha value is -3.84. The van der Waals surface area contributed by atoms with E-state index in [1.165, 1.54) is 5.56 Å². The summed E-state index contributed by atoms with van der Waals surface area (Å²) in [5.74, 6) is 1.68. The summed E-state index contributed by atoms with van der Waals surface area (Å²) in [5.41, 5.74) is 6.55. The molecule has 1 fully saturated rings. The third kappa shape index (κ3) is 4.31. The smallest absolute Gasteiger partial charge is 0.174 e. The Kier molecular flexibility index (Phi) is 6.65. The number of nitrogens with zero attached hydrogens (tertiary/aromatic N) is 3. The molecule has 4 aromatic rings. The molecule has 0 radical (unpaired) electrons. The Morgan fingerprint density at radius 1 is 0.944 bits per heavy atom. The van der Waals surface area contributed by atoms with Crippen molar-refractivity contribution in [2.24, 2.45) is 0 Å². The fourth-order valence-corrected chi connectivity index (χ4v) is 5.38. The van der Waals surface area contributed by atoms with Crippen LogP contribution in [0.2, 0.25) is 0 Å². The Labute approximate surface area is 217 Å². The molecule has 7 heteroatoms. The second-order valence-electron chi connectivity index (χ2n) is 8.78. The van der Waals surface area contributed by atoms with Gasteiger partial charge in [0.15, 0.2) is 5.11 Å². The van der Waals surface area contributed by atoms with Gasteiger partial charge < -0.3 is 24.3 Å². The molecule has 1 saturated heterocycles. The molecule has 36 heavy (non-hydrogen) atoms. The van der Waals surface area contributed by atoms with Gasteiger partial charge in [-0.25, -0.2) is 0 Å². The van der Waals surface area contributed by atoms with E-state index in [1.54, 1.807) is 7.11 Å². The van der Waals surface area contributed by atoms with Gasteiger partial charge >= 0.3 is 0 Å². The van der Waals surface area contributed by atoms with Crippen LogP contribution in [0.5, 0.6) is 11.5 Å². The van der Waals surface area contributed by atoms with E-state index in [4.69, 9.17) is 21.7 Å². The van der Waals surface area contributed by atoms with Crippen LogP contribution in [0.1, 0.15) is 41.7 Å². The van der Waals surface area contributed by atoms with E-state index in [0.29, 0.717) is 11.7 Å². The summed E-state index contributed by atoms with van der Waals surface area (Å²) < 4.78 is 13.3. The van der Waals surface area contributed by atoms with Crippen molar-refractivity contribution in [2.45, 2.75) is 32.9 Å². The van der Waals surface area contributed by atoms with Crippen molar-refractivity contribution in [2.75, 3.05) is 18.6 Å². The predicted molar refractivity (Wildman–Crippen MR) is 147 cm³/mol. The van der Waals surface area contributed by atoms with Gasteiger partial charge in [-0.2, -0.15) is 0 Å². The lowest BCUT2D eigenvalue weighted by Crippen LogP contribution is -2.29. The third-order valence-corrected chi connectivity index (χ3v) is 6.96. The summed E-state index contributed by atoms with van der Waals surface area (Å²) in [4.78, 5) is 6.88. The zero-order chi connectivity index (χ0) is 25.2. The second kappa shape index (κ2) is 10.0. The molecular formula is C29H30N4O2S. The molecule has 0 bridgehead atoms. The summed E-state index contributed by atoms with van der Waals surface area (Å²) in [6.45, 7) is 6.92. The number of nitrogens with one attached hydrogen (secondary N) is 1. The van der Waals surface area contributed by atoms with Crippen LogP contribution in [0.3, 0.4) is 0 Å². The Morgan fingerprint density at radius 2 is 1.64 bits per heavy atom. The predicted octanol–water partition coefficient (Wildman–Crippen LogP) is 6.07. The van der Waals surface area contributed by atoms with Gasteiger partial charge in [0, 0.05) is 29.0 Å². The molecule has 2 atom stereocenters. The van der Waals surface area contributed by atoms with Gasteiger partial charge in [0.25, 0.3) is 0 Å². The van der Waals surface area contributed by atoms with Gasteiger partial charge in [-0.15, -0.1) is 0 Å². The fraction of sp³-hybridized carbons (Fsp3) is 0.241. The Balaban J connectivity index is 1.62. The number of hydrogen-bond acceptors (Lipinski definition) is 4. The van der Waals surface area contributed by atoms with Crippen molar-refractivity contribution in [1.82, 2.24) is 14.9 Å². The SMILES string of the molecule is CCOc1ccc(N2C(=S)N[C@H](c3ccccn3)[C@@H]2c2cc(C)n(-c3ccc(OC)cc3)c2C)cc1. The van der Waals surface area contributed by atoms with E-state index < -0.39 is 0 Å². The van der Waals surface area contributed by atoms with E-state index in [0.717, 1.165) is 40.0 Å². The lowest BCUT2D eigenvalue weighted by Gasteiger charge is -2.28. The standard InChI is InChI=1S/C29H30N4O2S/c1-5-35-24-15-11-22(12-16-24)33-28(27(31-29(33)36)26-8-6-7-17-30-26)25-18-19(2)32(20(25)3)21-9-13-23(34-4)14-10-21/h6-18,27-28H,5H2,1-4H3,(H,31,36)/t27-,28+/m1/s1. The number of anilines is 1. The molecule has 184 valence electrons. The van der Waals surface area contributed by atoms with Crippen molar-refractivity contribution in [3.63, 3.8) is 0 Å². The van der Waals surface area contributed by atoms with Crippen molar-refractivity contribution in [3.8, 4) is 17.2 Å². The van der Waals surface area contributed by atoms with Gasteiger partial charge in [0.05, 0.1) is 31.5 Å². The molecule has 2 aromatic carbocycles. The number of hydrogen-bond donors (Lipinski definition) is 1. The minimum Gasteiger partial charge on any atom is -0.497 e. The summed E-state index contributed by atoms with van der Waals surface area (Å²) in [6.07, 6.45) is 1.83. The third-order valence-electron chi connectivity index (χ3n) is 6.64. The van der Waals surface area contributed by atoms with E-state index in [-0.39, 0.29) is 12.1 Å². The summed E-state index contributed by atoms with van der Waals surface area (Å²) in [7, 11) is 1.68. The normalized spacial score (nSPS) is 17.2. The van der Waals surface area contributed by atoms with Crippen molar-refractivity contribution >= 4 is 23.0 Å². The van der Waals surface area contributed by atoms with Crippen LogP contribution >= 0.6 is 12.2 Å². The number of thiocarbonyl (C=S) groups is 1. The molecule has 0 spiro atoms. The lowest BCUT2D eigenvalue weighted by atomic mass is 9.96. The van der Waals surface area contributed by atoms with E-state index in [9.17, 15) is 0 Å². The van der Waals surface area contributed by atoms with Crippen molar-refractivity contribution in [1.29, 1.82) is 0 Å². The monoisotopic (exact) mass is 498 g/mol. The van der Waals surface area contributed by atoms with Gasteiger partial charge in [-0.1, -0.05) is 6.07 Å². The van der Waals surface area contributed by atoms with Gasteiger partial charge in [0.1, 0.15) is 11.5 Å². The highest BCUT2D eigenvalue weighted by atomic mass is 32.1. The zero-order valence-electron chi connectivity index (χ0n) is 20.9. The van der Waals surface area contributed by atoms with Crippen molar-refractivity contribution < 1.29 is 9.47 Å². The number of aryl methyl sites for hydroxylation is 1. The molecule has 3 heterocycles. The quantitative estimate of drug-likeness (QED) is 0.312. The van der Waals surface area contributed by atoms with Crippen LogP contribution < -0.4 is 19.7 Å². The van der Waals surface area contributed by atoms with Crippen LogP contribution in [0.15, 0.2) is 79.0 Å². The number of rotatable bonds is 7. The minimum absolute atomic E-state index is 0.0801. The maximum atomic E-state index is 5.90. The van der Waals surface area contributed by atoms with E-state index in [1.807, 2.05) is 49.5 Å². The van der Waals surface area contributed by atoms with E-state index >= 15 is 0 Å². The molecular weight excluding hydrogens is 468 g/mol. The molecule has 0 amide bonds. The maximum Gasteiger partial charge on any atom is 0.174 e. The summed E-state index contributed by atoms with van der Waals surface area (Å²) in [6, 6.07) is 24.3. The Bertz CT molecular complexity index is 1350. The van der Waals surface area contributed by atoms with Crippen LogP contribution in [-0.4, -0.2) is 28.4 Å². The molecule has 0 aliphatic carbocycles. The molecule has 5 rings (SSSR count). The highest BCUT2D eigenvalue weighted by Gasteiger charge is 2.42. The lowest BCUT2D eigenvalue weighted by molar-refractivity contribution is 0.340. The number of ether oxygens (including phenoxy) is 2. The van der Waals surface area contributed by atoms with Crippen LogP contribution in [0.25, 0.3) is 5.69 Å². The first-order valence-corrected chi connectivity index (χ1v) is 12.5. The average molecular weight is 499 g/mol. The zero-order valence-corrected chi connectivity index (χ0v) is 21.8. The van der Waals surface area contributed by atoms with Crippen molar-refractivity contribution in [3.05, 3.63) is 102 Å². The highest BCUT2D eigenvalue weighted by molar-refractivity contribution is 7.80. The number of methoxy groups -OCH3 is 1. The molecule has 0 saturated carbocycles. The molecule has 1 aliphatic rings. The molecule has 0 unspecified atom stereocenters. The molecule has 2 aromatic heterocycles. The second-order valence-corrected chi connectivity index (χ2v) is 9.17. The summed E-state index contributed by atoms with van der Waals surface area (Å²) >= 11 is 5.90. The van der Waals surface area contributed by atoms with Crippen LogP contribution in [0.4, 0.5) is 5.69 Å². The maximum absolute atomic E-state index is 5.90. The topological polar surface area (TPSA) is 51.5 Å². The van der Waals surface area contributed by atoms with Gasteiger partial charge in [-0.05, 0) is 105 Å². The van der Waals surface area contributed by atoms with Gasteiger partial charge in [0.2, 0.25) is 0 Å². The Morgan fingerprint density at radius 3 is 2.28 bits per heavy atom. The number of pyridine rings is 1. The first-order chi connectivity index (χ1) is 17.5. The van der Waals surface area contributed by atoms with Crippen LogP contribution in [-0.2, 0) is 0 Å². The van der Waals surface area contributed by atoms with E-state index in [2.05, 4.69) is 70.0 Å². The summed E-state index contributed by atoms with van der Waals surface area (Å²) in [5, 5.41) is 4.23. The number of aromatic nitrogens is 2. The molecule has 6 nitrogen and oxygen atoms in total. The van der Waals surface area contributed by atoms with Gasteiger partial charge in [-0.3, -0.25) is 4.98 Å². The molecule has 1 N–H and O–H groups in total. The first-order valence-electron chi connectivity index (χ1n) is 12.1.